The highest BCUT2D eigenvalue weighted by molar-refractivity contribution is 6.30. The molecule has 0 amide bonds. The molecule has 1 aromatic carbocycles. The number of carbonyl (C=O) groups excluding carboxylic acids is 2. The number of rotatable bonds is 0. The second kappa shape index (κ2) is 3.88. The highest BCUT2D eigenvalue weighted by Crippen LogP contribution is 2.33. The second-order valence-corrected chi connectivity index (χ2v) is 2.78. The molecule has 4 heteroatoms. The molecule has 15 heavy (non-hydrogen) atoms. The summed E-state index contributed by atoms with van der Waals surface area (Å²) in [4.78, 5) is 21.9. The van der Waals surface area contributed by atoms with E-state index in [0.717, 1.165) is 0 Å². The smallest absolute Gasteiger partial charge is 0.287 e. The minimum absolute atomic E-state index is 0.183. The van der Waals surface area contributed by atoms with Crippen LogP contribution < -0.4 is 0 Å². The van der Waals surface area contributed by atoms with Crippen molar-refractivity contribution >= 4 is 11.6 Å². The number of halogens is 2. The first-order valence-electron chi connectivity index (χ1n) is 4.61. The molecule has 1 aromatic rings. The van der Waals surface area contributed by atoms with E-state index in [4.69, 9.17) is 0 Å². The summed E-state index contributed by atoms with van der Waals surface area (Å²) in [5.41, 5.74) is -0.366. The number of fused-ring (bicyclic) bond motifs is 1. The van der Waals surface area contributed by atoms with Crippen LogP contribution in [0.15, 0.2) is 24.3 Å². The quantitative estimate of drug-likeness (QED) is 0.619. The van der Waals surface area contributed by atoms with Crippen molar-refractivity contribution in [2.45, 2.75) is 19.8 Å². The zero-order valence-electron chi connectivity index (χ0n) is 8.38. The fourth-order valence-corrected chi connectivity index (χ4v) is 1.32. The maximum absolute atomic E-state index is 12.8. The first-order chi connectivity index (χ1) is 7.05. The molecule has 1 aliphatic carbocycles. The van der Waals surface area contributed by atoms with E-state index in [1.165, 1.54) is 24.3 Å². The molecule has 0 N–H and O–H groups in total. The van der Waals surface area contributed by atoms with E-state index in [1.54, 1.807) is 0 Å². The number of hydrogen-bond acceptors (Lipinski definition) is 2. The lowest BCUT2D eigenvalue weighted by Crippen LogP contribution is -2.30. The van der Waals surface area contributed by atoms with Gasteiger partial charge in [-0.2, -0.15) is 8.78 Å². The van der Waals surface area contributed by atoms with Crippen LogP contribution in [0.4, 0.5) is 8.78 Å². The number of ketones is 2. The number of alkyl halides is 2. The zero-order chi connectivity index (χ0) is 11.6. The molecule has 0 atom stereocenters. The van der Waals surface area contributed by atoms with Crippen molar-refractivity contribution in [3.05, 3.63) is 35.4 Å². The van der Waals surface area contributed by atoms with E-state index in [1.807, 2.05) is 13.8 Å². The summed E-state index contributed by atoms with van der Waals surface area (Å²) in [6.07, 6.45) is 0. The van der Waals surface area contributed by atoms with Gasteiger partial charge in [0, 0.05) is 11.1 Å². The van der Waals surface area contributed by atoms with Crippen LogP contribution in [0.1, 0.15) is 34.6 Å². The van der Waals surface area contributed by atoms with Crippen LogP contribution in [0.25, 0.3) is 0 Å². The first kappa shape index (κ1) is 11.5. The third-order valence-electron chi connectivity index (χ3n) is 1.99. The maximum atomic E-state index is 12.8. The number of Topliss-reactive ketones (excluding diaryl/α,β-unsaturated/α-hetero) is 2. The first-order valence-corrected chi connectivity index (χ1v) is 4.61. The predicted octanol–water partition coefficient (Wildman–Crippen LogP) is 2.73. The van der Waals surface area contributed by atoms with Crippen LogP contribution >= 0.6 is 0 Å². The lowest BCUT2D eigenvalue weighted by molar-refractivity contribution is 0.0189. The van der Waals surface area contributed by atoms with Crippen molar-refractivity contribution in [1.82, 2.24) is 0 Å². The van der Waals surface area contributed by atoms with E-state index in [2.05, 4.69) is 0 Å². The molecule has 0 unspecified atom stereocenters. The monoisotopic (exact) mass is 212 g/mol. The molecule has 0 aliphatic heterocycles. The fourth-order valence-electron chi connectivity index (χ4n) is 1.32. The molecule has 0 spiro atoms. The van der Waals surface area contributed by atoms with Gasteiger partial charge in [-0.3, -0.25) is 9.59 Å². The summed E-state index contributed by atoms with van der Waals surface area (Å²) in [5.74, 6) is -6.65. The van der Waals surface area contributed by atoms with E-state index in [0.29, 0.717) is 0 Å². The Morgan fingerprint density at radius 3 is 1.60 bits per heavy atom. The average molecular weight is 212 g/mol. The fraction of sp³-hybridized carbons (Fsp3) is 0.273. The van der Waals surface area contributed by atoms with Crippen molar-refractivity contribution in [3.63, 3.8) is 0 Å². The molecule has 0 fully saturated rings. The van der Waals surface area contributed by atoms with Crippen LogP contribution in [0.5, 0.6) is 0 Å². The highest BCUT2D eigenvalue weighted by atomic mass is 19.3. The minimum Gasteiger partial charge on any atom is -0.287 e. The van der Waals surface area contributed by atoms with E-state index >= 15 is 0 Å². The molecular formula is C11H10F2O2. The van der Waals surface area contributed by atoms with Gasteiger partial charge in [0.15, 0.2) is 0 Å². The molecule has 0 aromatic heterocycles. The molecule has 0 saturated carbocycles. The molecule has 1 aliphatic rings. The highest BCUT2D eigenvalue weighted by Gasteiger charge is 2.54. The Hall–Kier alpha value is -1.58. The SMILES string of the molecule is CC.O=C1c2ccccc2C(=O)C1(F)F. The van der Waals surface area contributed by atoms with Gasteiger partial charge in [0.2, 0.25) is 11.6 Å². The van der Waals surface area contributed by atoms with Crippen LogP contribution in [0, 0.1) is 0 Å². The van der Waals surface area contributed by atoms with Crippen LogP contribution in [0.3, 0.4) is 0 Å². The van der Waals surface area contributed by atoms with Crippen molar-refractivity contribution in [2.24, 2.45) is 0 Å². The second-order valence-electron chi connectivity index (χ2n) is 2.78. The van der Waals surface area contributed by atoms with Gasteiger partial charge < -0.3 is 0 Å². The van der Waals surface area contributed by atoms with Gasteiger partial charge >= 0.3 is 5.92 Å². The molecule has 0 heterocycles. The van der Waals surface area contributed by atoms with Gasteiger partial charge in [0.05, 0.1) is 0 Å². The average Bonchev–Trinajstić information content (AvgIpc) is 2.45. The van der Waals surface area contributed by atoms with Crippen molar-refractivity contribution < 1.29 is 18.4 Å². The van der Waals surface area contributed by atoms with Gasteiger partial charge in [0.1, 0.15) is 0 Å². The van der Waals surface area contributed by atoms with Crippen LogP contribution in [-0.4, -0.2) is 17.5 Å². The third-order valence-corrected chi connectivity index (χ3v) is 1.99. The Bertz CT molecular complexity index is 374. The van der Waals surface area contributed by atoms with Gasteiger partial charge in [0.25, 0.3) is 0 Å². The summed E-state index contributed by atoms with van der Waals surface area (Å²) in [6.45, 7) is 4.00. The van der Waals surface area contributed by atoms with Gasteiger partial charge in [-0.25, -0.2) is 0 Å². The van der Waals surface area contributed by atoms with E-state index < -0.39 is 17.5 Å². The summed E-state index contributed by atoms with van der Waals surface area (Å²) >= 11 is 0. The minimum atomic E-state index is -3.86. The van der Waals surface area contributed by atoms with Crippen LogP contribution in [0.2, 0.25) is 0 Å². The van der Waals surface area contributed by atoms with Crippen molar-refractivity contribution in [2.75, 3.05) is 0 Å². The molecule has 2 nitrogen and oxygen atoms in total. The van der Waals surface area contributed by atoms with E-state index in [9.17, 15) is 18.4 Å². The number of hydrogen-bond donors (Lipinski definition) is 0. The third kappa shape index (κ3) is 1.56. The molecule has 0 saturated heterocycles. The Morgan fingerprint density at radius 1 is 0.933 bits per heavy atom. The number of benzene rings is 1. The molecule has 0 bridgehead atoms. The maximum Gasteiger partial charge on any atom is 0.371 e. The lowest BCUT2D eigenvalue weighted by Gasteiger charge is -2.01. The molecular weight excluding hydrogens is 202 g/mol. The predicted molar refractivity (Wildman–Crippen MR) is 51.4 cm³/mol. The van der Waals surface area contributed by atoms with Gasteiger partial charge in [-0.05, 0) is 0 Å². The van der Waals surface area contributed by atoms with Gasteiger partial charge in [-0.15, -0.1) is 0 Å². The van der Waals surface area contributed by atoms with E-state index in [-0.39, 0.29) is 11.1 Å². The Balaban J connectivity index is 0.000000531. The Kier molecular flexibility index (Phi) is 2.98. The van der Waals surface area contributed by atoms with Gasteiger partial charge in [-0.1, -0.05) is 38.1 Å². The topological polar surface area (TPSA) is 34.1 Å². The molecule has 0 radical (unpaired) electrons. The summed E-state index contributed by atoms with van der Waals surface area (Å²) in [5, 5.41) is 0. The normalized spacial score (nSPS) is 16.8. The zero-order valence-corrected chi connectivity index (χ0v) is 8.38. The summed E-state index contributed by atoms with van der Waals surface area (Å²) in [6, 6.07) is 5.36. The summed E-state index contributed by atoms with van der Waals surface area (Å²) < 4.78 is 25.6. The Morgan fingerprint density at radius 2 is 1.27 bits per heavy atom. The number of carbonyl (C=O) groups is 2. The molecule has 2 rings (SSSR count). The van der Waals surface area contributed by atoms with Crippen LogP contribution in [-0.2, 0) is 0 Å². The Labute approximate surface area is 85.9 Å². The van der Waals surface area contributed by atoms with Crippen molar-refractivity contribution in [1.29, 1.82) is 0 Å². The molecule has 80 valence electrons. The van der Waals surface area contributed by atoms with Crippen molar-refractivity contribution in [3.8, 4) is 0 Å². The largest absolute Gasteiger partial charge is 0.371 e. The summed E-state index contributed by atoms with van der Waals surface area (Å²) in [7, 11) is 0. The standard InChI is InChI=1S/C9H4F2O2.C2H6/c10-9(11)7(12)5-3-1-2-4-6(5)8(9)13;1-2/h1-4H;1-2H3. The lowest BCUT2D eigenvalue weighted by atomic mass is 10.1.